The predicted molar refractivity (Wildman–Crippen MR) is 106 cm³/mol. The van der Waals surface area contributed by atoms with Gasteiger partial charge in [-0.05, 0) is 68.5 Å². The summed E-state index contributed by atoms with van der Waals surface area (Å²) in [5.41, 5.74) is 3.09. The van der Waals surface area contributed by atoms with Crippen molar-refractivity contribution >= 4 is 10.0 Å². The van der Waals surface area contributed by atoms with Gasteiger partial charge in [0.2, 0.25) is 10.0 Å². The highest BCUT2D eigenvalue weighted by atomic mass is 32.2. The van der Waals surface area contributed by atoms with Gasteiger partial charge in [0.15, 0.2) is 0 Å². The van der Waals surface area contributed by atoms with Crippen molar-refractivity contribution in [3.63, 3.8) is 0 Å². The van der Waals surface area contributed by atoms with Gasteiger partial charge in [-0.1, -0.05) is 42.5 Å². The van der Waals surface area contributed by atoms with Crippen LogP contribution >= 0.6 is 0 Å². The fraction of sp³-hybridized carbons (Fsp3) is 0.429. The second-order valence-corrected chi connectivity index (χ2v) is 9.06. The number of benzene rings is 2. The molecule has 26 heavy (non-hydrogen) atoms. The Kier molecular flexibility index (Phi) is 6.12. The Labute approximate surface area is 157 Å². The van der Waals surface area contributed by atoms with Crippen LogP contribution in [0.3, 0.4) is 0 Å². The van der Waals surface area contributed by atoms with E-state index in [-0.39, 0.29) is 0 Å². The first-order chi connectivity index (χ1) is 12.4. The third-order valence-corrected chi connectivity index (χ3v) is 6.72. The van der Waals surface area contributed by atoms with E-state index in [0.29, 0.717) is 17.4 Å². The summed E-state index contributed by atoms with van der Waals surface area (Å²) in [5.74, 6) is 0.405. The third-order valence-electron chi connectivity index (χ3n) is 5.15. The summed E-state index contributed by atoms with van der Waals surface area (Å²) < 4.78 is 28.1. The number of hydrogen-bond donors (Lipinski definition) is 1. The first-order valence-corrected chi connectivity index (χ1v) is 10.8. The molecule has 1 heterocycles. The molecule has 0 bridgehead atoms. The van der Waals surface area contributed by atoms with Gasteiger partial charge in [-0.25, -0.2) is 13.1 Å². The minimum atomic E-state index is -3.44. The average Bonchev–Trinajstić information content (AvgIpc) is 2.64. The summed E-state index contributed by atoms with van der Waals surface area (Å²) in [7, 11) is -3.44. The smallest absolute Gasteiger partial charge is 0.240 e. The van der Waals surface area contributed by atoms with E-state index in [2.05, 4.69) is 33.9 Å². The van der Waals surface area contributed by atoms with E-state index < -0.39 is 10.0 Å². The summed E-state index contributed by atoms with van der Waals surface area (Å²) in [5, 5.41) is 0. The van der Waals surface area contributed by atoms with Crippen LogP contribution in [0, 0.1) is 19.8 Å². The maximum atomic E-state index is 12.6. The van der Waals surface area contributed by atoms with E-state index in [1.165, 1.54) is 5.56 Å². The normalized spacial score (nSPS) is 16.7. The van der Waals surface area contributed by atoms with Crippen molar-refractivity contribution in [2.45, 2.75) is 38.1 Å². The predicted octanol–water partition coefficient (Wildman–Crippen LogP) is 3.49. The van der Waals surface area contributed by atoms with E-state index in [1.807, 2.05) is 32.0 Å². The molecule has 1 N–H and O–H groups in total. The molecule has 0 aliphatic carbocycles. The van der Waals surface area contributed by atoms with E-state index in [1.54, 1.807) is 6.07 Å². The highest BCUT2D eigenvalue weighted by Crippen LogP contribution is 2.21. The number of likely N-dealkylation sites (tertiary alicyclic amines) is 1. The standard InChI is InChI=1S/C21H28N2O2S/c1-17-8-9-18(2)21(14-17)26(24,25)22-15-19-10-12-23(13-11-19)16-20-6-4-3-5-7-20/h3-9,14,19,22H,10-13,15-16H2,1-2H3. The molecule has 2 aromatic carbocycles. The van der Waals surface area contributed by atoms with Crippen molar-refractivity contribution in [2.24, 2.45) is 5.92 Å². The van der Waals surface area contributed by atoms with E-state index in [9.17, 15) is 8.42 Å². The Morgan fingerprint density at radius 3 is 2.42 bits per heavy atom. The van der Waals surface area contributed by atoms with Crippen LogP contribution in [0.25, 0.3) is 0 Å². The Hall–Kier alpha value is -1.69. The minimum absolute atomic E-state index is 0.402. The molecule has 1 aliphatic heterocycles. The van der Waals surface area contributed by atoms with Crippen LogP contribution in [0.1, 0.15) is 29.5 Å². The van der Waals surface area contributed by atoms with Crippen molar-refractivity contribution < 1.29 is 8.42 Å². The van der Waals surface area contributed by atoms with E-state index >= 15 is 0 Å². The van der Waals surface area contributed by atoms with Crippen LogP contribution in [-0.4, -0.2) is 33.0 Å². The lowest BCUT2D eigenvalue weighted by Crippen LogP contribution is -2.38. The molecule has 0 amide bonds. The molecule has 3 rings (SSSR count). The Morgan fingerprint density at radius 2 is 1.73 bits per heavy atom. The van der Waals surface area contributed by atoms with Gasteiger partial charge < -0.3 is 0 Å². The maximum absolute atomic E-state index is 12.6. The van der Waals surface area contributed by atoms with E-state index in [4.69, 9.17) is 0 Å². The van der Waals surface area contributed by atoms with Gasteiger partial charge in [0.1, 0.15) is 0 Å². The quantitative estimate of drug-likeness (QED) is 0.844. The molecule has 1 saturated heterocycles. The van der Waals surface area contributed by atoms with Crippen LogP contribution in [0.4, 0.5) is 0 Å². The zero-order valence-corrected chi connectivity index (χ0v) is 16.4. The number of nitrogens with zero attached hydrogens (tertiary/aromatic N) is 1. The van der Waals surface area contributed by atoms with Gasteiger partial charge in [0.05, 0.1) is 4.90 Å². The summed E-state index contributed by atoms with van der Waals surface area (Å²) in [6.45, 7) is 7.29. The zero-order chi connectivity index (χ0) is 18.6. The second kappa shape index (κ2) is 8.33. The topological polar surface area (TPSA) is 49.4 Å². The van der Waals surface area contributed by atoms with Gasteiger partial charge in [-0.3, -0.25) is 4.90 Å². The minimum Gasteiger partial charge on any atom is -0.299 e. The summed E-state index contributed by atoms with van der Waals surface area (Å²) in [6.07, 6.45) is 2.06. The Morgan fingerprint density at radius 1 is 1.04 bits per heavy atom. The van der Waals surface area contributed by atoms with Crippen molar-refractivity contribution in [1.82, 2.24) is 9.62 Å². The summed E-state index contributed by atoms with van der Waals surface area (Å²) in [4.78, 5) is 2.85. The van der Waals surface area contributed by atoms with Crippen LogP contribution in [0.5, 0.6) is 0 Å². The summed E-state index contributed by atoms with van der Waals surface area (Å²) in [6, 6.07) is 16.1. The number of rotatable bonds is 6. The van der Waals surface area contributed by atoms with Crippen molar-refractivity contribution in [3.05, 3.63) is 65.2 Å². The van der Waals surface area contributed by atoms with Gasteiger partial charge in [0, 0.05) is 13.1 Å². The number of piperidine rings is 1. The molecule has 5 heteroatoms. The SMILES string of the molecule is Cc1ccc(C)c(S(=O)(=O)NCC2CCN(Cc3ccccc3)CC2)c1. The lowest BCUT2D eigenvalue weighted by Gasteiger charge is -2.32. The molecule has 0 radical (unpaired) electrons. The van der Waals surface area contributed by atoms with Gasteiger partial charge >= 0.3 is 0 Å². The Bertz CT molecular complexity index is 826. The third kappa shape index (κ3) is 4.93. The number of sulfonamides is 1. The van der Waals surface area contributed by atoms with Crippen molar-refractivity contribution in [3.8, 4) is 0 Å². The molecule has 2 aromatic rings. The molecular formula is C21H28N2O2S. The molecule has 0 saturated carbocycles. The number of hydrogen-bond acceptors (Lipinski definition) is 3. The van der Waals surface area contributed by atoms with Gasteiger partial charge in [0.25, 0.3) is 0 Å². The first kappa shape index (κ1) is 19.1. The molecule has 1 fully saturated rings. The fourth-order valence-electron chi connectivity index (χ4n) is 3.49. The number of nitrogens with one attached hydrogen (secondary N) is 1. The van der Waals surface area contributed by atoms with Gasteiger partial charge in [-0.2, -0.15) is 0 Å². The molecule has 0 atom stereocenters. The molecule has 0 aromatic heterocycles. The second-order valence-electron chi connectivity index (χ2n) is 7.33. The molecule has 0 unspecified atom stereocenters. The van der Waals surface area contributed by atoms with Crippen LogP contribution in [-0.2, 0) is 16.6 Å². The van der Waals surface area contributed by atoms with E-state index in [0.717, 1.165) is 43.6 Å². The molecule has 4 nitrogen and oxygen atoms in total. The molecule has 0 spiro atoms. The molecule has 140 valence electrons. The van der Waals surface area contributed by atoms with Crippen LogP contribution in [0.2, 0.25) is 0 Å². The Balaban J connectivity index is 1.51. The largest absolute Gasteiger partial charge is 0.299 e. The monoisotopic (exact) mass is 372 g/mol. The molecular weight excluding hydrogens is 344 g/mol. The highest BCUT2D eigenvalue weighted by Gasteiger charge is 2.23. The first-order valence-electron chi connectivity index (χ1n) is 9.27. The lowest BCUT2D eigenvalue weighted by atomic mass is 9.97. The molecule has 1 aliphatic rings. The maximum Gasteiger partial charge on any atom is 0.240 e. The number of aryl methyl sites for hydroxylation is 2. The van der Waals surface area contributed by atoms with Crippen LogP contribution < -0.4 is 4.72 Å². The van der Waals surface area contributed by atoms with Gasteiger partial charge in [-0.15, -0.1) is 0 Å². The highest BCUT2D eigenvalue weighted by molar-refractivity contribution is 7.89. The zero-order valence-electron chi connectivity index (χ0n) is 15.6. The fourth-order valence-corrected chi connectivity index (χ4v) is 4.94. The van der Waals surface area contributed by atoms with Crippen molar-refractivity contribution in [2.75, 3.05) is 19.6 Å². The average molecular weight is 373 g/mol. The lowest BCUT2D eigenvalue weighted by molar-refractivity contribution is 0.178. The summed E-state index contributed by atoms with van der Waals surface area (Å²) >= 11 is 0. The van der Waals surface area contributed by atoms with Crippen molar-refractivity contribution in [1.29, 1.82) is 0 Å². The van der Waals surface area contributed by atoms with Crippen LogP contribution in [0.15, 0.2) is 53.4 Å².